The van der Waals surface area contributed by atoms with Gasteiger partial charge in [-0.2, -0.15) is 0 Å². The molecule has 0 saturated carbocycles. The molecule has 154 valence electrons. The summed E-state index contributed by atoms with van der Waals surface area (Å²) in [7, 11) is 0. The van der Waals surface area contributed by atoms with E-state index in [1.807, 2.05) is 37.8 Å². The molecule has 0 aliphatic carbocycles. The van der Waals surface area contributed by atoms with Gasteiger partial charge in [0.2, 0.25) is 0 Å². The maximum Gasteiger partial charge on any atom is 0.410 e. The minimum atomic E-state index is -0.446. The third-order valence-corrected chi connectivity index (χ3v) is 5.82. The van der Waals surface area contributed by atoms with Gasteiger partial charge in [-0.25, -0.2) is 4.79 Å². The molecule has 1 aromatic carbocycles. The Morgan fingerprint density at radius 2 is 1.50 bits per heavy atom. The van der Waals surface area contributed by atoms with Gasteiger partial charge in [-0.1, -0.05) is 0 Å². The molecule has 2 aliphatic heterocycles. The van der Waals surface area contributed by atoms with E-state index < -0.39 is 5.60 Å². The Kier molecular flexibility index (Phi) is 6.10. The number of ether oxygens (including phenoxy) is 1. The molecule has 2 aliphatic rings. The molecule has 0 radical (unpaired) electrons. The summed E-state index contributed by atoms with van der Waals surface area (Å²) >= 11 is 0. The van der Waals surface area contributed by atoms with E-state index >= 15 is 0 Å². The van der Waals surface area contributed by atoms with Crippen molar-refractivity contribution < 1.29 is 14.5 Å². The van der Waals surface area contributed by atoms with Gasteiger partial charge in [-0.15, -0.1) is 0 Å². The largest absolute Gasteiger partial charge is 0.444 e. The molecule has 7 nitrogen and oxygen atoms in total. The molecule has 1 aromatic rings. The third kappa shape index (κ3) is 5.14. The van der Waals surface area contributed by atoms with Gasteiger partial charge in [0.15, 0.2) is 0 Å². The summed E-state index contributed by atoms with van der Waals surface area (Å²) in [5.74, 6) is 1.35. The minimum absolute atomic E-state index is 0.135. The van der Waals surface area contributed by atoms with Gasteiger partial charge in [0.1, 0.15) is 5.60 Å². The summed E-state index contributed by atoms with van der Waals surface area (Å²) in [5, 5.41) is 10.8. The Morgan fingerprint density at radius 1 is 1.00 bits per heavy atom. The van der Waals surface area contributed by atoms with Crippen LogP contribution in [0.3, 0.4) is 0 Å². The molecular weight excluding hydrogens is 358 g/mol. The number of carbonyl (C=O) groups excluding carboxylic acids is 1. The number of non-ortho nitro benzene ring substituents is 1. The Balaban J connectivity index is 1.46. The van der Waals surface area contributed by atoms with E-state index in [0.717, 1.165) is 57.5 Å². The van der Waals surface area contributed by atoms with E-state index in [-0.39, 0.29) is 16.7 Å². The highest BCUT2D eigenvalue weighted by Gasteiger charge is 2.32. The average Bonchev–Trinajstić information content (AvgIpc) is 2.67. The van der Waals surface area contributed by atoms with E-state index in [1.165, 1.54) is 0 Å². The lowest BCUT2D eigenvalue weighted by Gasteiger charge is -2.41. The van der Waals surface area contributed by atoms with Crippen molar-refractivity contribution in [3.8, 4) is 0 Å². The van der Waals surface area contributed by atoms with Crippen molar-refractivity contribution >= 4 is 17.5 Å². The Labute approximate surface area is 166 Å². The number of likely N-dealkylation sites (tertiary alicyclic amines) is 1. The maximum absolute atomic E-state index is 12.2. The predicted molar refractivity (Wildman–Crippen MR) is 109 cm³/mol. The molecule has 0 unspecified atom stereocenters. The molecule has 3 rings (SSSR count). The lowest BCUT2D eigenvalue weighted by atomic mass is 9.79. The second-order valence-electron chi connectivity index (χ2n) is 8.90. The van der Waals surface area contributed by atoms with Crippen LogP contribution >= 0.6 is 0 Å². The highest BCUT2D eigenvalue weighted by Crippen LogP contribution is 2.34. The molecule has 2 fully saturated rings. The molecule has 0 N–H and O–H groups in total. The second kappa shape index (κ2) is 8.37. The number of nitro groups is 1. The number of nitro benzene ring substituents is 1. The van der Waals surface area contributed by atoms with E-state index in [4.69, 9.17) is 4.74 Å². The number of hydrogen-bond donors (Lipinski definition) is 0. The average molecular weight is 389 g/mol. The SMILES string of the molecule is CC(C)(C)OC(=O)N1CCC(C2CCN(c3ccc([N+](=O)[O-])cc3)CC2)CC1. The summed E-state index contributed by atoms with van der Waals surface area (Å²) in [5.41, 5.74) is 0.748. The number of piperidine rings is 2. The van der Waals surface area contributed by atoms with Crippen LogP contribution in [0.2, 0.25) is 0 Å². The molecule has 7 heteroatoms. The lowest BCUT2D eigenvalue weighted by Crippen LogP contribution is -2.44. The quantitative estimate of drug-likeness (QED) is 0.563. The van der Waals surface area contributed by atoms with Crippen molar-refractivity contribution in [1.29, 1.82) is 0 Å². The molecule has 1 amide bonds. The van der Waals surface area contributed by atoms with Crippen LogP contribution in [0.25, 0.3) is 0 Å². The zero-order valence-corrected chi connectivity index (χ0v) is 17.1. The van der Waals surface area contributed by atoms with E-state index in [2.05, 4.69) is 4.90 Å². The molecule has 2 saturated heterocycles. The molecule has 28 heavy (non-hydrogen) atoms. The van der Waals surface area contributed by atoms with Gasteiger partial charge < -0.3 is 14.5 Å². The number of anilines is 1. The van der Waals surface area contributed by atoms with Crippen molar-refractivity contribution in [3.63, 3.8) is 0 Å². The lowest BCUT2D eigenvalue weighted by molar-refractivity contribution is -0.384. The molecule has 0 aromatic heterocycles. The fourth-order valence-electron chi connectivity index (χ4n) is 4.29. The van der Waals surface area contributed by atoms with Crippen LogP contribution in [0.4, 0.5) is 16.2 Å². The van der Waals surface area contributed by atoms with Gasteiger partial charge >= 0.3 is 6.09 Å². The molecular formula is C21H31N3O4. The Hall–Kier alpha value is -2.31. The summed E-state index contributed by atoms with van der Waals surface area (Å²) < 4.78 is 5.48. The number of amides is 1. The topological polar surface area (TPSA) is 75.9 Å². The van der Waals surface area contributed by atoms with Crippen LogP contribution < -0.4 is 4.90 Å². The first-order valence-electron chi connectivity index (χ1n) is 10.2. The molecule has 2 heterocycles. The predicted octanol–water partition coefficient (Wildman–Crippen LogP) is 4.46. The zero-order valence-electron chi connectivity index (χ0n) is 17.1. The third-order valence-electron chi connectivity index (χ3n) is 5.82. The van der Waals surface area contributed by atoms with Crippen molar-refractivity contribution in [2.24, 2.45) is 11.8 Å². The van der Waals surface area contributed by atoms with Crippen molar-refractivity contribution in [3.05, 3.63) is 34.4 Å². The van der Waals surface area contributed by atoms with Gasteiger partial charge in [-0.3, -0.25) is 10.1 Å². The van der Waals surface area contributed by atoms with Crippen LogP contribution in [0, 0.1) is 22.0 Å². The fraction of sp³-hybridized carbons (Fsp3) is 0.667. The molecule has 0 spiro atoms. The van der Waals surface area contributed by atoms with Gasteiger partial charge in [0.25, 0.3) is 5.69 Å². The summed E-state index contributed by atoms with van der Waals surface area (Å²) in [6.45, 7) is 9.22. The van der Waals surface area contributed by atoms with Crippen LogP contribution in [-0.4, -0.2) is 47.7 Å². The van der Waals surface area contributed by atoms with Crippen molar-refractivity contribution in [2.75, 3.05) is 31.1 Å². The fourth-order valence-corrected chi connectivity index (χ4v) is 4.29. The normalized spacial score (nSPS) is 19.5. The van der Waals surface area contributed by atoms with Gasteiger partial charge in [0, 0.05) is 44.0 Å². The minimum Gasteiger partial charge on any atom is -0.444 e. The number of rotatable bonds is 3. The van der Waals surface area contributed by atoms with Crippen LogP contribution in [0.5, 0.6) is 0 Å². The number of nitrogens with zero attached hydrogens (tertiary/aromatic N) is 3. The van der Waals surface area contributed by atoms with E-state index in [9.17, 15) is 14.9 Å². The molecule has 0 bridgehead atoms. The highest BCUT2D eigenvalue weighted by atomic mass is 16.6. The van der Waals surface area contributed by atoms with Crippen LogP contribution in [0.1, 0.15) is 46.5 Å². The monoisotopic (exact) mass is 389 g/mol. The van der Waals surface area contributed by atoms with Crippen molar-refractivity contribution in [2.45, 2.75) is 52.1 Å². The van der Waals surface area contributed by atoms with E-state index in [1.54, 1.807) is 12.1 Å². The zero-order chi connectivity index (χ0) is 20.3. The number of hydrogen-bond acceptors (Lipinski definition) is 5. The first kappa shape index (κ1) is 20.4. The summed E-state index contributed by atoms with van der Waals surface area (Å²) in [6.07, 6.45) is 4.16. The van der Waals surface area contributed by atoms with Gasteiger partial charge in [-0.05, 0) is 70.4 Å². The maximum atomic E-state index is 12.2. The Bertz CT molecular complexity index is 683. The first-order chi connectivity index (χ1) is 13.2. The molecule has 0 atom stereocenters. The number of benzene rings is 1. The number of carbonyl (C=O) groups is 1. The van der Waals surface area contributed by atoms with Crippen LogP contribution in [0.15, 0.2) is 24.3 Å². The van der Waals surface area contributed by atoms with E-state index in [0.29, 0.717) is 11.8 Å². The standard InChI is InChI=1S/C21H31N3O4/c1-21(2,3)28-20(25)23-14-10-17(11-15-23)16-8-12-22(13-9-16)18-4-6-19(7-5-18)24(26)27/h4-7,16-17H,8-15H2,1-3H3. The smallest absolute Gasteiger partial charge is 0.410 e. The van der Waals surface area contributed by atoms with Crippen LogP contribution in [-0.2, 0) is 4.74 Å². The van der Waals surface area contributed by atoms with Crippen molar-refractivity contribution in [1.82, 2.24) is 4.90 Å². The Morgan fingerprint density at radius 3 is 1.96 bits per heavy atom. The second-order valence-corrected chi connectivity index (χ2v) is 8.90. The highest BCUT2D eigenvalue weighted by molar-refractivity contribution is 5.68. The van der Waals surface area contributed by atoms with Gasteiger partial charge in [0.05, 0.1) is 4.92 Å². The first-order valence-corrected chi connectivity index (χ1v) is 10.2. The summed E-state index contributed by atoms with van der Waals surface area (Å²) in [4.78, 5) is 26.8. The summed E-state index contributed by atoms with van der Waals surface area (Å²) in [6, 6.07) is 6.84.